The molecule has 1 unspecified atom stereocenters. The first-order valence-corrected chi connectivity index (χ1v) is 6.09. The van der Waals surface area contributed by atoms with E-state index in [2.05, 4.69) is 24.5 Å². The van der Waals surface area contributed by atoms with E-state index in [1.165, 1.54) is 4.90 Å². The topological polar surface area (TPSA) is 61.4 Å². The molecular formula is C12H23N3O2. The van der Waals surface area contributed by atoms with Gasteiger partial charge in [0.25, 0.3) is 0 Å². The number of hydrogen-bond donors (Lipinski definition) is 2. The summed E-state index contributed by atoms with van der Waals surface area (Å²) in [6.07, 6.45) is 0.840. The fourth-order valence-corrected chi connectivity index (χ4v) is 2.15. The molecule has 5 nitrogen and oxygen atoms in total. The first-order valence-electron chi connectivity index (χ1n) is 6.09. The van der Waals surface area contributed by atoms with E-state index in [-0.39, 0.29) is 29.7 Å². The SMILES string of the molecule is CC(C)C1(C(=O)NCC(=O)N(C)C)CCNC1. The summed E-state index contributed by atoms with van der Waals surface area (Å²) in [6, 6.07) is 0. The number of amides is 2. The summed E-state index contributed by atoms with van der Waals surface area (Å²) in [7, 11) is 3.37. The highest BCUT2D eigenvalue weighted by atomic mass is 16.2. The lowest BCUT2D eigenvalue weighted by atomic mass is 9.75. The van der Waals surface area contributed by atoms with Crippen molar-refractivity contribution in [3.63, 3.8) is 0 Å². The van der Waals surface area contributed by atoms with Crippen LogP contribution in [0.25, 0.3) is 0 Å². The number of carbonyl (C=O) groups excluding carboxylic acids is 2. The molecule has 1 heterocycles. The van der Waals surface area contributed by atoms with E-state index in [4.69, 9.17) is 0 Å². The number of hydrogen-bond acceptors (Lipinski definition) is 3. The molecule has 0 aromatic rings. The molecule has 1 aliphatic rings. The van der Waals surface area contributed by atoms with Crippen molar-refractivity contribution in [3.05, 3.63) is 0 Å². The Morgan fingerprint density at radius 2 is 2.06 bits per heavy atom. The zero-order chi connectivity index (χ0) is 13.1. The quantitative estimate of drug-likeness (QED) is 0.718. The lowest BCUT2D eigenvalue weighted by molar-refractivity contribution is -0.136. The molecule has 0 saturated carbocycles. The molecule has 5 heteroatoms. The zero-order valence-electron chi connectivity index (χ0n) is 11.2. The average molecular weight is 241 g/mol. The van der Waals surface area contributed by atoms with Crippen molar-refractivity contribution in [3.8, 4) is 0 Å². The fourth-order valence-electron chi connectivity index (χ4n) is 2.15. The minimum absolute atomic E-state index is 0.00676. The fraction of sp³-hybridized carbons (Fsp3) is 0.833. The highest BCUT2D eigenvalue weighted by molar-refractivity contribution is 5.88. The Bertz CT molecular complexity index is 294. The molecule has 0 spiro atoms. The van der Waals surface area contributed by atoms with Gasteiger partial charge in [0.15, 0.2) is 0 Å². The van der Waals surface area contributed by atoms with Gasteiger partial charge in [-0.2, -0.15) is 0 Å². The molecule has 1 fully saturated rings. The Kier molecular flexibility index (Phi) is 4.51. The Morgan fingerprint density at radius 3 is 2.47 bits per heavy atom. The minimum atomic E-state index is -0.355. The first-order chi connectivity index (χ1) is 7.90. The van der Waals surface area contributed by atoms with Gasteiger partial charge in [-0.1, -0.05) is 13.8 Å². The van der Waals surface area contributed by atoms with Crippen molar-refractivity contribution in [2.75, 3.05) is 33.7 Å². The number of rotatable bonds is 4. The molecule has 0 aromatic heterocycles. The Labute approximate surface area is 103 Å². The Balaban J connectivity index is 2.59. The summed E-state index contributed by atoms with van der Waals surface area (Å²) in [6.45, 7) is 5.76. The van der Waals surface area contributed by atoms with Crippen LogP contribution in [0, 0.1) is 11.3 Å². The summed E-state index contributed by atoms with van der Waals surface area (Å²) < 4.78 is 0. The van der Waals surface area contributed by atoms with Crippen LogP contribution in [0.1, 0.15) is 20.3 Å². The molecule has 0 aliphatic carbocycles. The van der Waals surface area contributed by atoms with E-state index in [0.29, 0.717) is 6.54 Å². The standard InChI is InChI=1S/C12H23N3O2/c1-9(2)12(5-6-13-8-12)11(17)14-7-10(16)15(3)4/h9,13H,5-8H2,1-4H3,(H,14,17). The molecule has 1 saturated heterocycles. The number of nitrogens with one attached hydrogen (secondary N) is 2. The van der Waals surface area contributed by atoms with Gasteiger partial charge in [-0.3, -0.25) is 9.59 Å². The third-order valence-electron chi connectivity index (χ3n) is 3.64. The van der Waals surface area contributed by atoms with Crippen LogP contribution in [0.5, 0.6) is 0 Å². The lowest BCUT2D eigenvalue weighted by Gasteiger charge is -2.31. The van der Waals surface area contributed by atoms with Gasteiger partial charge >= 0.3 is 0 Å². The number of nitrogens with zero attached hydrogens (tertiary/aromatic N) is 1. The largest absolute Gasteiger partial charge is 0.347 e. The van der Waals surface area contributed by atoms with Gasteiger partial charge in [-0.05, 0) is 18.9 Å². The molecular weight excluding hydrogens is 218 g/mol. The highest BCUT2D eigenvalue weighted by Gasteiger charge is 2.43. The highest BCUT2D eigenvalue weighted by Crippen LogP contribution is 2.34. The molecule has 98 valence electrons. The van der Waals surface area contributed by atoms with E-state index in [1.807, 2.05) is 0 Å². The van der Waals surface area contributed by atoms with Crippen LogP contribution in [0.4, 0.5) is 0 Å². The monoisotopic (exact) mass is 241 g/mol. The van der Waals surface area contributed by atoms with Crippen molar-refractivity contribution < 1.29 is 9.59 Å². The van der Waals surface area contributed by atoms with Crippen molar-refractivity contribution in [1.29, 1.82) is 0 Å². The van der Waals surface area contributed by atoms with Crippen LogP contribution >= 0.6 is 0 Å². The maximum atomic E-state index is 12.2. The van der Waals surface area contributed by atoms with Crippen LogP contribution in [-0.4, -0.2) is 50.4 Å². The van der Waals surface area contributed by atoms with Gasteiger partial charge in [-0.25, -0.2) is 0 Å². The summed E-state index contributed by atoms with van der Waals surface area (Å²) in [5.41, 5.74) is -0.355. The maximum Gasteiger partial charge on any atom is 0.241 e. The zero-order valence-corrected chi connectivity index (χ0v) is 11.2. The lowest BCUT2D eigenvalue weighted by Crippen LogP contribution is -2.48. The van der Waals surface area contributed by atoms with Gasteiger partial charge in [-0.15, -0.1) is 0 Å². The maximum absolute atomic E-state index is 12.2. The smallest absolute Gasteiger partial charge is 0.241 e. The molecule has 0 bridgehead atoms. The van der Waals surface area contributed by atoms with Gasteiger partial charge in [0, 0.05) is 20.6 Å². The summed E-state index contributed by atoms with van der Waals surface area (Å²) >= 11 is 0. The van der Waals surface area contributed by atoms with Crippen LogP contribution in [0.2, 0.25) is 0 Å². The molecule has 1 rings (SSSR count). The van der Waals surface area contributed by atoms with Crippen molar-refractivity contribution >= 4 is 11.8 Å². The molecule has 1 aliphatic heterocycles. The number of likely N-dealkylation sites (N-methyl/N-ethyl adjacent to an activating group) is 1. The summed E-state index contributed by atoms with van der Waals surface area (Å²) in [5.74, 6) is 0.183. The second-order valence-corrected chi connectivity index (χ2v) is 5.21. The van der Waals surface area contributed by atoms with E-state index < -0.39 is 0 Å². The van der Waals surface area contributed by atoms with Crippen LogP contribution < -0.4 is 10.6 Å². The molecule has 17 heavy (non-hydrogen) atoms. The van der Waals surface area contributed by atoms with Gasteiger partial charge in [0.2, 0.25) is 11.8 Å². The molecule has 0 aromatic carbocycles. The number of carbonyl (C=O) groups is 2. The van der Waals surface area contributed by atoms with Crippen molar-refractivity contribution in [1.82, 2.24) is 15.5 Å². The minimum Gasteiger partial charge on any atom is -0.347 e. The molecule has 0 radical (unpaired) electrons. The average Bonchev–Trinajstić information content (AvgIpc) is 2.75. The van der Waals surface area contributed by atoms with Crippen LogP contribution in [-0.2, 0) is 9.59 Å². The second kappa shape index (κ2) is 5.49. The van der Waals surface area contributed by atoms with Crippen LogP contribution in [0.3, 0.4) is 0 Å². The Morgan fingerprint density at radius 1 is 1.41 bits per heavy atom. The summed E-state index contributed by atoms with van der Waals surface area (Å²) in [5, 5.41) is 5.99. The normalized spacial score (nSPS) is 23.8. The third kappa shape index (κ3) is 2.97. The van der Waals surface area contributed by atoms with E-state index in [0.717, 1.165) is 13.0 Å². The summed E-state index contributed by atoms with van der Waals surface area (Å²) in [4.78, 5) is 25.1. The first kappa shape index (κ1) is 14.0. The second-order valence-electron chi connectivity index (χ2n) is 5.21. The van der Waals surface area contributed by atoms with E-state index in [9.17, 15) is 9.59 Å². The predicted molar refractivity (Wildman–Crippen MR) is 66.5 cm³/mol. The van der Waals surface area contributed by atoms with Gasteiger partial charge in [0.1, 0.15) is 0 Å². The molecule has 2 amide bonds. The molecule has 1 atom stereocenters. The Hall–Kier alpha value is -1.10. The van der Waals surface area contributed by atoms with Crippen molar-refractivity contribution in [2.45, 2.75) is 20.3 Å². The van der Waals surface area contributed by atoms with Crippen molar-refractivity contribution in [2.24, 2.45) is 11.3 Å². The van der Waals surface area contributed by atoms with Gasteiger partial charge < -0.3 is 15.5 Å². The van der Waals surface area contributed by atoms with E-state index in [1.54, 1.807) is 14.1 Å². The van der Waals surface area contributed by atoms with Crippen LogP contribution in [0.15, 0.2) is 0 Å². The van der Waals surface area contributed by atoms with E-state index >= 15 is 0 Å². The van der Waals surface area contributed by atoms with Gasteiger partial charge in [0.05, 0.1) is 12.0 Å². The predicted octanol–water partition coefficient (Wildman–Crippen LogP) is -0.173. The third-order valence-corrected chi connectivity index (χ3v) is 3.64. The molecule has 2 N–H and O–H groups in total.